The van der Waals surface area contributed by atoms with Crippen molar-refractivity contribution in [3.8, 4) is 11.5 Å². The molecular formula is C22H27N5O3. The molecular weight excluding hydrogens is 382 g/mol. The van der Waals surface area contributed by atoms with E-state index >= 15 is 0 Å². The Morgan fingerprint density at radius 3 is 2.80 bits per heavy atom. The predicted octanol–water partition coefficient (Wildman–Crippen LogP) is 3.41. The fourth-order valence-corrected chi connectivity index (χ4v) is 4.41. The molecule has 0 aliphatic carbocycles. The lowest BCUT2D eigenvalue weighted by Crippen LogP contribution is -2.45. The first-order valence-electron chi connectivity index (χ1n) is 10.7. The maximum absolute atomic E-state index is 12.4. The molecule has 0 bridgehead atoms. The average molecular weight is 409 g/mol. The first kappa shape index (κ1) is 19.2. The van der Waals surface area contributed by atoms with Gasteiger partial charge in [-0.25, -0.2) is 0 Å². The minimum Gasteiger partial charge on any atom is -0.377 e. The zero-order valence-corrected chi connectivity index (χ0v) is 17.6. The summed E-state index contributed by atoms with van der Waals surface area (Å²) in [6, 6.07) is 6.56. The van der Waals surface area contributed by atoms with Crippen LogP contribution in [0.25, 0.3) is 22.4 Å². The maximum Gasteiger partial charge on any atom is 0.258 e. The second kappa shape index (κ2) is 7.50. The highest BCUT2D eigenvalue weighted by Crippen LogP contribution is 2.33. The molecule has 2 aromatic heterocycles. The Hall–Kier alpha value is -2.74. The van der Waals surface area contributed by atoms with Crippen LogP contribution in [0.4, 0.5) is 0 Å². The molecule has 8 nitrogen and oxygen atoms in total. The molecule has 0 spiro atoms. The normalized spacial score (nSPS) is 22.6. The van der Waals surface area contributed by atoms with E-state index in [4.69, 9.17) is 14.2 Å². The summed E-state index contributed by atoms with van der Waals surface area (Å²) in [5.74, 6) is 1.70. The lowest BCUT2D eigenvalue weighted by atomic mass is 9.90. The number of nitrogens with zero attached hydrogens (tertiary/aromatic N) is 5. The summed E-state index contributed by atoms with van der Waals surface area (Å²) in [6.07, 6.45) is 3.59. The first-order valence-corrected chi connectivity index (χ1v) is 10.7. The Kier molecular flexibility index (Phi) is 4.81. The van der Waals surface area contributed by atoms with Gasteiger partial charge in [-0.15, -0.1) is 0 Å². The lowest BCUT2D eigenvalue weighted by Gasteiger charge is -2.37. The van der Waals surface area contributed by atoms with E-state index in [2.05, 4.69) is 23.2 Å². The standard InChI is InChI=1S/C22H27N5O3/c1-13(2)22(28)26-7-6-15(8-14(26)3)20-24-21(30-25-20)16-4-5-17-10-23-27(19(17)9-16)18-11-29-12-18/h4-5,9-10,13-15,18H,6-8,11-12H2,1-3H3/t14-,15+/m0/s1. The second-order valence-electron chi connectivity index (χ2n) is 8.77. The van der Waals surface area contributed by atoms with Gasteiger partial charge in [-0.2, -0.15) is 10.1 Å². The highest BCUT2D eigenvalue weighted by atomic mass is 16.5. The molecule has 158 valence electrons. The highest BCUT2D eigenvalue weighted by molar-refractivity contribution is 5.83. The number of carbonyl (C=O) groups is 1. The third kappa shape index (κ3) is 3.29. The molecule has 0 N–H and O–H groups in total. The summed E-state index contributed by atoms with van der Waals surface area (Å²) in [5, 5.41) is 9.87. The number of hydrogen-bond donors (Lipinski definition) is 0. The number of likely N-dealkylation sites (tertiary alicyclic amines) is 1. The molecule has 2 atom stereocenters. The van der Waals surface area contributed by atoms with Gasteiger partial charge in [0.15, 0.2) is 5.82 Å². The van der Waals surface area contributed by atoms with Crippen LogP contribution in [0.15, 0.2) is 28.9 Å². The van der Waals surface area contributed by atoms with Crippen molar-refractivity contribution in [2.45, 2.75) is 51.6 Å². The van der Waals surface area contributed by atoms with E-state index in [-0.39, 0.29) is 29.8 Å². The fourth-order valence-electron chi connectivity index (χ4n) is 4.41. The van der Waals surface area contributed by atoms with Crippen molar-refractivity contribution >= 4 is 16.8 Å². The largest absolute Gasteiger partial charge is 0.377 e. The number of rotatable bonds is 4. The summed E-state index contributed by atoms with van der Waals surface area (Å²) < 4.78 is 12.9. The maximum atomic E-state index is 12.4. The van der Waals surface area contributed by atoms with Gasteiger partial charge in [0.25, 0.3) is 5.89 Å². The van der Waals surface area contributed by atoms with E-state index in [1.54, 1.807) is 0 Å². The number of aromatic nitrogens is 4. The Labute approximate surface area is 175 Å². The van der Waals surface area contributed by atoms with E-state index < -0.39 is 0 Å². The molecule has 0 unspecified atom stereocenters. The molecule has 1 amide bonds. The van der Waals surface area contributed by atoms with Crippen LogP contribution in [0, 0.1) is 5.92 Å². The van der Waals surface area contributed by atoms with Crippen molar-refractivity contribution in [3.05, 3.63) is 30.2 Å². The summed E-state index contributed by atoms with van der Waals surface area (Å²) in [7, 11) is 0. The van der Waals surface area contributed by atoms with Crippen LogP contribution in [0.2, 0.25) is 0 Å². The fraction of sp³-hybridized carbons (Fsp3) is 0.545. The number of fused-ring (bicyclic) bond motifs is 1. The topological polar surface area (TPSA) is 86.3 Å². The molecule has 0 saturated carbocycles. The van der Waals surface area contributed by atoms with Crippen molar-refractivity contribution in [2.24, 2.45) is 5.92 Å². The lowest BCUT2D eigenvalue weighted by molar-refractivity contribution is -0.138. The zero-order valence-electron chi connectivity index (χ0n) is 17.6. The van der Waals surface area contributed by atoms with Gasteiger partial charge in [-0.1, -0.05) is 25.1 Å². The van der Waals surface area contributed by atoms with Crippen LogP contribution in [-0.4, -0.2) is 56.5 Å². The van der Waals surface area contributed by atoms with E-state index in [0.29, 0.717) is 19.1 Å². The molecule has 2 fully saturated rings. The Morgan fingerprint density at radius 1 is 1.27 bits per heavy atom. The van der Waals surface area contributed by atoms with Gasteiger partial charge < -0.3 is 14.2 Å². The number of carbonyl (C=O) groups excluding carboxylic acids is 1. The van der Waals surface area contributed by atoms with Crippen molar-refractivity contribution < 1.29 is 14.1 Å². The van der Waals surface area contributed by atoms with Crippen LogP contribution >= 0.6 is 0 Å². The minimum atomic E-state index is 0.0237. The molecule has 1 aromatic carbocycles. The average Bonchev–Trinajstić information content (AvgIpc) is 3.33. The van der Waals surface area contributed by atoms with Gasteiger partial charge in [0.1, 0.15) is 0 Å². The molecule has 5 rings (SSSR count). The zero-order chi connectivity index (χ0) is 20.8. The van der Waals surface area contributed by atoms with Gasteiger partial charge in [0.05, 0.1) is 31.0 Å². The van der Waals surface area contributed by atoms with Crippen LogP contribution in [-0.2, 0) is 9.53 Å². The number of amides is 1. The van der Waals surface area contributed by atoms with Crippen molar-refractivity contribution in [2.75, 3.05) is 19.8 Å². The monoisotopic (exact) mass is 409 g/mol. The van der Waals surface area contributed by atoms with Gasteiger partial charge in [-0.3, -0.25) is 9.48 Å². The van der Waals surface area contributed by atoms with Crippen LogP contribution in [0.3, 0.4) is 0 Å². The molecule has 4 heterocycles. The molecule has 8 heteroatoms. The SMILES string of the molecule is CC(C)C(=O)N1CC[C@@H](c2noc(-c3ccc4cnn(C5COC5)c4c3)n2)C[C@@H]1C. The van der Waals surface area contributed by atoms with E-state index in [1.165, 1.54) is 0 Å². The summed E-state index contributed by atoms with van der Waals surface area (Å²) in [5.41, 5.74) is 1.94. The molecule has 3 aromatic rings. The minimum absolute atomic E-state index is 0.0237. The second-order valence-corrected chi connectivity index (χ2v) is 8.77. The van der Waals surface area contributed by atoms with Gasteiger partial charge in [0.2, 0.25) is 5.91 Å². The van der Waals surface area contributed by atoms with Crippen LogP contribution < -0.4 is 0 Å². The summed E-state index contributed by atoms with van der Waals surface area (Å²) in [6.45, 7) is 8.14. The van der Waals surface area contributed by atoms with Crippen LogP contribution in [0.5, 0.6) is 0 Å². The summed E-state index contributed by atoms with van der Waals surface area (Å²) in [4.78, 5) is 19.1. The molecule has 2 aliphatic rings. The number of hydrogen-bond acceptors (Lipinski definition) is 6. The third-order valence-corrected chi connectivity index (χ3v) is 6.27. The Balaban J connectivity index is 1.35. The molecule has 0 radical (unpaired) electrons. The van der Waals surface area contributed by atoms with E-state index in [1.807, 2.05) is 41.8 Å². The Morgan fingerprint density at radius 2 is 2.10 bits per heavy atom. The number of piperidine rings is 1. The van der Waals surface area contributed by atoms with Gasteiger partial charge >= 0.3 is 0 Å². The predicted molar refractivity (Wildman–Crippen MR) is 111 cm³/mol. The number of ether oxygens (including phenoxy) is 1. The van der Waals surface area contributed by atoms with Gasteiger partial charge in [-0.05, 0) is 31.9 Å². The molecule has 2 saturated heterocycles. The molecule has 30 heavy (non-hydrogen) atoms. The third-order valence-electron chi connectivity index (χ3n) is 6.27. The smallest absolute Gasteiger partial charge is 0.258 e. The molecule has 2 aliphatic heterocycles. The highest BCUT2D eigenvalue weighted by Gasteiger charge is 2.33. The van der Waals surface area contributed by atoms with Crippen LogP contribution in [0.1, 0.15) is 51.4 Å². The van der Waals surface area contributed by atoms with Crippen molar-refractivity contribution in [3.63, 3.8) is 0 Å². The Bertz CT molecular complexity index is 1070. The first-order chi connectivity index (χ1) is 14.5. The quantitative estimate of drug-likeness (QED) is 0.656. The van der Waals surface area contributed by atoms with Crippen molar-refractivity contribution in [1.29, 1.82) is 0 Å². The van der Waals surface area contributed by atoms with E-state index in [9.17, 15) is 4.79 Å². The van der Waals surface area contributed by atoms with Crippen molar-refractivity contribution in [1.82, 2.24) is 24.8 Å². The number of benzene rings is 1. The van der Waals surface area contributed by atoms with E-state index in [0.717, 1.165) is 41.7 Å². The summed E-state index contributed by atoms with van der Waals surface area (Å²) >= 11 is 0. The van der Waals surface area contributed by atoms with Gasteiger partial charge in [0, 0.05) is 35.4 Å².